The molecule has 0 N–H and O–H groups in total. The van der Waals surface area contributed by atoms with Crippen LogP contribution in [0.25, 0.3) is 0 Å². The maximum atomic E-state index is 12.9. The number of rotatable bonds is 2. The van der Waals surface area contributed by atoms with Crippen molar-refractivity contribution in [2.45, 2.75) is 38.9 Å². The minimum atomic E-state index is -0.348. The Kier molecular flexibility index (Phi) is 3.06. The van der Waals surface area contributed by atoms with E-state index in [4.69, 9.17) is 4.74 Å². The molecule has 2 nitrogen and oxygen atoms in total. The second-order valence-electron chi connectivity index (χ2n) is 4.34. The van der Waals surface area contributed by atoms with E-state index in [-0.39, 0.29) is 23.8 Å². The molecule has 1 aromatic rings. The van der Waals surface area contributed by atoms with Gasteiger partial charge in [0.1, 0.15) is 11.9 Å². The lowest BCUT2D eigenvalue weighted by Gasteiger charge is -2.11. The molecule has 2 rings (SSSR count). The number of aryl methyl sites for hydroxylation is 1. The Morgan fingerprint density at radius 2 is 2.19 bits per heavy atom. The molecule has 0 radical (unpaired) electrons. The van der Waals surface area contributed by atoms with Gasteiger partial charge in [-0.3, -0.25) is 4.79 Å². The predicted octanol–water partition coefficient (Wildman–Crippen LogP) is 2.88. The molecule has 0 bridgehead atoms. The third kappa shape index (κ3) is 2.14. The summed E-state index contributed by atoms with van der Waals surface area (Å²) in [6, 6.07) is 4.24. The Labute approximate surface area is 94.4 Å². The molecular formula is C13H15FO2. The van der Waals surface area contributed by atoms with E-state index < -0.39 is 0 Å². The molecule has 1 aromatic carbocycles. The standard InChI is InChI=1S/C13H15FO2/c1-8-7-10(14)4-5-11(8)13(15)12-6-3-9(2)16-12/h4-5,7,9,12H,3,6H2,1-2H3. The molecule has 3 heteroatoms. The van der Waals surface area contributed by atoms with Crippen LogP contribution in [0.15, 0.2) is 18.2 Å². The normalized spacial score (nSPS) is 24.7. The van der Waals surface area contributed by atoms with Crippen LogP contribution in [0.3, 0.4) is 0 Å². The van der Waals surface area contributed by atoms with Gasteiger partial charge >= 0.3 is 0 Å². The van der Waals surface area contributed by atoms with Gasteiger partial charge < -0.3 is 4.74 Å². The number of hydrogen-bond acceptors (Lipinski definition) is 2. The van der Waals surface area contributed by atoms with Gasteiger partial charge in [-0.2, -0.15) is 0 Å². The molecule has 2 atom stereocenters. The number of halogens is 1. The molecule has 0 saturated carbocycles. The molecule has 2 unspecified atom stereocenters. The van der Waals surface area contributed by atoms with Gasteiger partial charge in [0, 0.05) is 5.56 Å². The molecule has 0 aliphatic carbocycles. The highest BCUT2D eigenvalue weighted by Gasteiger charge is 2.29. The van der Waals surface area contributed by atoms with Gasteiger partial charge in [-0.05, 0) is 50.5 Å². The Bertz CT molecular complexity index is 414. The van der Waals surface area contributed by atoms with E-state index in [9.17, 15) is 9.18 Å². The van der Waals surface area contributed by atoms with Gasteiger partial charge in [0.05, 0.1) is 6.10 Å². The largest absolute Gasteiger partial charge is 0.367 e. The summed E-state index contributed by atoms with van der Waals surface area (Å²) >= 11 is 0. The monoisotopic (exact) mass is 222 g/mol. The fraction of sp³-hybridized carbons (Fsp3) is 0.462. The summed E-state index contributed by atoms with van der Waals surface area (Å²) in [5.74, 6) is -0.336. The first kappa shape index (κ1) is 11.3. The van der Waals surface area contributed by atoms with Gasteiger partial charge in [-0.15, -0.1) is 0 Å². The molecule has 1 fully saturated rings. The lowest BCUT2D eigenvalue weighted by molar-refractivity contribution is 0.0433. The quantitative estimate of drug-likeness (QED) is 0.719. The van der Waals surface area contributed by atoms with Crippen molar-refractivity contribution in [1.29, 1.82) is 0 Å². The molecule has 86 valence electrons. The molecule has 1 aliphatic heterocycles. The van der Waals surface area contributed by atoms with Crippen molar-refractivity contribution in [2.24, 2.45) is 0 Å². The summed E-state index contributed by atoms with van der Waals surface area (Å²) in [6.45, 7) is 3.71. The van der Waals surface area contributed by atoms with Crippen molar-refractivity contribution < 1.29 is 13.9 Å². The predicted molar refractivity (Wildman–Crippen MR) is 59.0 cm³/mol. The zero-order valence-corrected chi connectivity index (χ0v) is 9.50. The van der Waals surface area contributed by atoms with E-state index in [1.165, 1.54) is 12.1 Å². The summed E-state index contributed by atoms with van der Waals surface area (Å²) in [5, 5.41) is 0. The maximum Gasteiger partial charge on any atom is 0.191 e. The molecule has 1 aliphatic rings. The van der Waals surface area contributed by atoms with Gasteiger partial charge in [0.15, 0.2) is 5.78 Å². The van der Waals surface area contributed by atoms with Crippen LogP contribution in [0.4, 0.5) is 4.39 Å². The highest BCUT2D eigenvalue weighted by atomic mass is 19.1. The van der Waals surface area contributed by atoms with Crippen molar-refractivity contribution >= 4 is 5.78 Å². The molecule has 0 amide bonds. The third-order valence-electron chi connectivity index (χ3n) is 2.98. The number of ketones is 1. The summed E-state index contributed by atoms with van der Waals surface area (Å²) in [6.07, 6.45) is 1.47. The first-order valence-electron chi connectivity index (χ1n) is 5.54. The van der Waals surface area contributed by atoms with Crippen molar-refractivity contribution in [1.82, 2.24) is 0 Å². The Hall–Kier alpha value is -1.22. The van der Waals surface area contributed by atoms with E-state index >= 15 is 0 Å². The molecule has 16 heavy (non-hydrogen) atoms. The Morgan fingerprint density at radius 3 is 2.75 bits per heavy atom. The summed E-state index contributed by atoms with van der Waals surface area (Å²) in [7, 11) is 0. The third-order valence-corrected chi connectivity index (χ3v) is 2.98. The van der Waals surface area contributed by atoms with Crippen LogP contribution in [0.5, 0.6) is 0 Å². The zero-order valence-electron chi connectivity index (χ0n) is 9.50. The van der Waals surface area contributed by atoms with Gasteiger partial charge in [-0.1, -0.05) is 0 Å². The van der Waals surface area contributed by atoms with Crippen LogP contribution in [-0.2, 0) is 4.74 Å². The lowest BCUT2D eigenvalue weighted by atomic mass is 9.99. The van der Waals surface area contributed by atoms with Crippen LogP contribution in [0, 0.1) is 12.7 Å². The van der Waals surface area contributed by atoms with E-state index in [0.717, 1.165) is 12.8 Å². The van der Waals surface area contributed by atoms with Crippen molar-refractivity contribution in [3.63, 3.8) is 0 Å². The van der Waals surface area contributed by atoms with Crippen molar-refractivity contribution in [3.05, 3.63) is 35.1 Å². The fourth-order valence-corrected chi connectivity index (χ4v) is 2.07. The Balaban J connectivity index is 2.21. The SMILES string of the molecule is Cc1cc(F)ccc1C(=O)C1CCC(C)O1. The highest BCUT2D eigenvalue weighted by Crippen LogP contribution is 2.23. The van der Waals surface area contributed by atoms with Crippen LogP contribution in [-0.4, -0.2) is 18.0 Å². The number of benzene rings is 1. The minimum absolute atomic E-state index is 0.0261. The molecule has 1 saturated heterocycles. The van der Waals surface area contributed by atoms with Crippen molar-refractivity contribution in [3.8, 4) is 0 Å². The first-order valence-corrected chi connectivity index (χ1v) is 5.54. The van der Waals surface area contributed by atoms with E-state index in [1.807, 2.05) is 6.92 Å². The fourth-order valence-electron chi connectivity index (χ4n) is 2.07. The van der Waals surface area contributed by atoms with E-state index in [0.29, 0.717) is 11.1 Å². The summed E-state index contributed by atoms with van der Waals surface area (Å²) in [4.78, 5) is 12.1. The molecular weight excluding hydrogens is 207 g/mol. The molecule has 0 aromatic heterocycles. The average Bonchev–Trinajstić information content (AvgIpc) is 2.64. The average molecular weight is 222 g/mol. The van der Waals surface area contributed by atoms with Crippen molar-refractivity contribution in [2.75, 3.05) is 0 Å². The molecule has 0 spiro atoms. The van der Waals surface area contributed by atoms with Gasteiger partial charge in [0.25, 0.3) is 0 Å². The number of Topliss-reactive ketones (excluding diaryl/α,β-unsaturated/α-hetero) is 1. The topological polar surface area (TPSA) is 26.3 Å². The number of hydrogen-bond donors (Lipinski definition) is 0. The smallest absolute Gasteiger partial charge is 0.191 e. The van der Waals surface area contributed by atoms with Gasteiger partial charge in [-0.25, -0.2) is 4.39 Å². The summed E-state index contributed by atoms with van der Waals surface area (Å²) in [5.41, 5.74) is 1.24. The van der Waals surface area contributed by atoms with E-state index in [1.54, 1.807) is 13.0 Å². The highest BCUT2D eigenvalue weighted by molar-refractivity contribution is 6.00. The number of carbonyl (C=O) groups is 1. The van der Waals surface area contributed by atoms with Crippen LogP contribution >= 0.6 is 0 Å². The zero-order chi connectivity index (χ0) is 11.7. The Morgan fingerprint density at radius 1 is 1.44 bits per heavy atom. The maximum absolute atomic E-state index is 12.9. The van der Waals surface area contributed by atoms with Crippen LogP contribution in [0.2, 0.25) is 0 Å². The lowest BCUT2D eigenvalue weighted by Crippen LogP contribution is -2.21. The molecule has 1 heterocycles. The van der Waals surface area contributed by atoms with E-state index in [2.05, 4.69) is 0 Å². The summed E-state index contributed by atoms with van der Waals surface area (Å²) < 4.78 is 18.4. The van der Waals surface area contributed by atoms with Crippen LogP contribution in [0.1, 0.15) is 35.7 Å². The first-order chi connectivity index (χ1) is 7.58. The second kappa shape index (κ2) is 4.34. The van der Waals surface area contributed by atoms with Gasteiger partial charge in [0.2, 0.25) is 0 Å². The minimum Gasteiger partial charge on any atom is -0.367 e. The second-order valence-corrected chi connectivity index (χ2v) is 4.34. The van der Waals surface area contributed by atoms with Crippen LogP contribution < -0.4 is 0 Å². The number of carbonyl (C=O) groups excluding carboxylic acids is 1. The number of ether oxygens (including phenoxy) is 1.